The van der Waals surface area contributed by atoms with Gasteiger partial charge in [-0.1, -0.05) is 37.1 Å². The molecule has 1 aliphatic rings. The number of hydrogen-bond donors (Lipinski definition) is 3. The van der Waals surface area contributed by atoms with Crippen LogP contribution in [0.5, 0.6) is 0 Å². The minimum Gasteiger partial charge on any atom is -0.329 e. The third-order valence-electron chi connectivity index (χ3n) is 5.01. The number of nitrogens with one attached hydrogen (secondary N) is 2. The SMILES string of the molecule is CC(=O)Nc1ccc(S(=O)(=O)NC(CN)C2CCCC2)c2ccccc12.Cl. The monoisotopic (exact) mass is 411 g/mol. The maximum Gasteiger partial charge on any atom is 0.241 e. The lowest BCUT2D eigenvalue weighted by Gasteiger charge is -2.23. The second kappa shape index (κ2) is 9.01. The van der Waals surface area contributed by atoms with E-state index in [2.05, 4.69) is 10.0 Å². The van der Waals surface area contributed by atoms with Crippen LogP contribution in [0.3, 0.4) is 0 Å². The number of halogens is 1. The van der Waals surface area contributed by atoms with Gasteiger partial charge in [0.25, 0.3) is 0 Å². The van der Waals surface area contributed by atoms with E-state index in [1.54, 1.807) is 24.3 Å². The van der Waals surface area contributed by atoms with Crippen LogP contribution >= 0.6 is 12.4 Å². The summed E-state index contributed by atoms with van der Waals surface area (Å²) in [6, 6.07) is 10.1. The van der Waals surface area contributed by atoms with E-state index < -0.39 is 10.0 Å². The summed E-state index contributed by atoms with van der Waals surface area (Å²) in [4.78, 5) is 11.6. The lowest BCUT2D eigenvalue weighted by molar-refractivity contribution is -0.114. The molecule has 27 heavy (non-hydrogen) atoms. The number of nitrogens with two attached hydrogens (primary N) is 1. The summed E-state index contributed by atoms with van der Waals surface area (Å²) in [5.74, 6) is 0.0907. The molecule has 1 atom stereocenters. The molecular weight excluding hydrogens is 386 g/mol. The number of rotatable bonds is 6. The zero-order valence-corrected chi connectivity index (χ0v) is 16.9. The van der Waals surface area contributed by atoms with Gasteiger partial charge in [-0.3, -0.25) is 4.79 Å². The molecule has 148 valence electrons. The van der Waals surface area contributed by atoms with Gasteiger partial charge >= 0.3 is 0 Å². The first-order valence-electron chi connectivity index (χ1n) is 8.94. The Morgan fingerprint density at radius 3 is 2.37 bits per heavy atom. The summed E-state index contributed by atoms with van der Waals surface area (Å²) in [6.45, 7) is 1.71. The Bertz CT molecular complexity index is 912. The van der Waals surface area contributed by atoms with Crippen molar-refractivity contribution in [3.8, 4) is 0 Å². The van der Waals surface area contributed by atoms with Gasteiger partial charge in [0.15, 0.2) is 0 Å². The van der Waals surface area contributed by atoms with E-state index >= 15 is 0 Å². The van der Waals surface area contributed by atoms with E-state index in [1.807, 2.05) is 6.07 Å². The minimum absolute atomic E-state index is 0. The van der Waals surface area contributed by atoms with Crippen LogP contribution in [0.25, 0.3) is 10.8 Å². The van der Waals surface area contributed by atoms with Crippen LogP contribution in [0.4, 0.5) is 5.69 Å². The van der Waals surface area contributed by atoms with E-state index in [1.165, 1.54) is 13.0 Å². The van der Waals surface area contributed by atoms with Crippen molar-refractivity contribution in [3.05, 3.63) is 36.4 Å². The van der Waals surface area contributed by atoms with Crippen molar-refractivity contribution in [2.24, 2.45) is 11.7 Å². The van der Waals surface area contributed by atoms with Crippen molar-refractivity contribution in [3.63, 3.8) is 0 Å². The number of hydrogen-bond acceptors (Lipinski definition) is 4. The molecule has 2 aromatic carbocycles. The first-order valence-corrected chi connectivity index (χ1v) is 10.4. The third kappa shape index (κ3) is 4.79. The fraction of sp³-hybridized carbons (Fsp3) is 0.421. The molecule has 3 rings (SSSR count). The topological polar surface area (TPSA) is 101 Å². The van der Waals surface area contributed by atoms with E-state index in [4.69, 9.17) is 5.73 Å². The third-order valence-corrected chi connectivity index (χ3v) is 6.56. The van der Waals surface area contributed by atoms with Gasteiger partial charge in [-0.15, -0.1) is 12.4 Å². The van der Waals surface area contributed by atoms with Crippen LogP contribution in [0.15, 0.2) is 41.3 Å². The van der Waals surface area contributed by atoms with Crippen LogP contribution < -0.4 is 15.8 Å². The number of fused-ring (bicyclic) bond motifs is 1. The fourth-order valence-corrected chi connectivity index (χ4v) is 5.29. The standard InChI is InChI=1S/C19H25N3O3S.ClH/c1-13(23)21-17-10-11-19(16-9-5-4-8-15(16)17)26(24,25)22-18(12-20)14-6-2-3-7-14;/h4-5,8-11,14,18,22H,2-3,6-7,12,20H2,1H3,(H,21,23);1H. The van der Waals surface area contributed by atoms with Gasteiger partial charge in [0.05, 0.1) is 4.90 Å². The average molecular weight is 412 g/mol. The molecule has 0 bridgehead atoms. The quantitative estimate of drug-likeness (QED) is 0.679. The van der Waals surface area contributed by atoms with Crippen LogP contribution in [0.1, 0.15) is 32.6 Å². The molecule has 0 aliphatic heterocycles. The maximum absolute atomic E-state index is 13.1. The molecule has 6 nitrogen and oxygen atoms in total. The molecule has 1 unspecified atom stereocenters. The number of carbonyl (C=O) groups excluding carboxylic acids is 1. The Labute approximate surface area is 166 Å². The zero-order valence-electron chi connectivity index (χ0n) is 15.3. The Balaban J connectivity index is 0.00000261. The highest BCUT2D eigenvalue weighted by molar-refractivity contribution is 7.89. The molecule has 1 saturated carbocycles. The number of amides is 1. The molecule has 2 aromatic rings. The molecule has 0 aromatic heterocycles. The number of sulfonamides is 1. The lowest BCUT2D eigenvalue weighted by Crippen LogP contribution is -2.44. The van der Waals surface area contributed by atoms with Crippen LogP contribution in [0, 0.1) is 5.92 Å². The Hall–Kier alpha value is -1.67. The van der Waals surface area contributed by atoms with Gasteiger partial charge < -0.3 is 11.1 Å². The first-order chi connectivity index (χ1) is 12.4. The highest BCUT2D eigenvalue weighted by atomic mass is 35.5. The molecule has 0 spiro atoms. The van der Waals surface area contributed by atoms with Crippen molar-refractivity contribution in [1.29, 1.82) is 0 Å². The lowest BCUT2D eigenvalue weighted by atomic mass is 9.99. The molecule has 0 radical (unpaired) electrons. The second-order valence-electron chi connectivity index (χ2n) is 6.85. The van der Waals surface area contributed by atoms with Gasteiger partial charge in [-0.25, -0.2) is 13.1 Å². The summed E-state index contributed by atoms with van der Waals surface area (Å²) >= 11 is 0. The van der Waals surface area contributed by atoms with E-state index in [0.717, 1.165) is 25.7 Å². The summed E-state index contributed by atoms with van der Waals surface area (Å²) in [5.41, 5.74) is 6.45. The van der Waals surface area contributed by atoms with Gasteiger partial charge in [-0.05, 0) is 30.9 Å². The summed E-state index contributed by atoms with van der Waals surface area (Å²) in [5, 5.41) is 4.02. The van der Waals surface area contributed by atoms with E-state index in [0.29, 0.717) is 22.4 Å². The Morgan fingerprint density at radius 2 is 1.78 bits per heavy atom. The fourth-order valence-electron chi connectivity index (χ4n) is 3.76. The van der Waals surface area contributed by atoms with Crippen molar-refractivity contribution >= 4 is 44.8 Å². The van der Waals surface area contributed by atoms with Crippen LogP contribution in [0.2, 0.25) is 0 Å². The van der Waals surface area contributed by atoms with E-state index in [9.17, 15) is 13.2 Å². The highest BCUT2D eigenvalue weighted by Gasteiger charge is 2.29. The molecule has 4 N–H and O–H groups in total. The van der Waals surface area contributed by atoms with Crippen molar-refractivity contribution < 1.29 is 13.2 Å². The summed E-state index contributed by atoms with van der Waals surface area (Å²) in [7, 11) is -3.72. The highest BCUT2D eigenvalue weighted by Crippen LogP contribution is 2.31. The average Bonchev–Trinajstić information content (AvgIpc) is 3.14. The first kappa shape index (κ1) is 21.6. The van der Waals surface area contributed by atoms with Gasteiger partial charge in [-0.2, -0.15) is 0 Å². The molecule has 1 fully saturated rings. The summed E-state index contributed by atoms with van der Waals surface area (Å²) < 4.78 is 28.9. The molecule has 8 heteroatoms. The molecular formula is C19H26ClN3O3S. The number of benzene rings is 2. The number of anilines is 1. The normalized spacial score (nSPS) is 16.1. The summed E-state index contributed by atoms with van der Waals surface area (Å²) in [6.07, 6.45) is 4.26. The maximum atomic E-state index is 13.1. The zero-order chi connectivity index (χ0) is 18.7. The predicted molar refractivity (Wildman–Crippen MR) is 111 cm³/mol. The Morgan fingerprint density at radius 1 is 1.15 bits per heavy atom. The smallest absolute Gasteiger partial charge is 0.241 e. The Kier molecular flexibility index (Phi) is 7.22. The van der Waals surface area contributed by atoms with Crippen molar-refractivity contribution in [2.45, 2.75) is 43.5 Å². The second-order valence-corrected chi connectivity index (χ2v) is 8.53. The molecule has 0 saturated heterocycles. The molecule has 1 aliphatic carbocycles. The van der Waals surface area contributed by atoms with Crippen LogP contribution in [-0.4, -0.2) is 26.9 Å². The van der Waals surface area contributed by atoms with Gasteiger partial charge in [0.2, 0.25) is 15.9 Å². The largest absolute Gasteiger partial charge is 0.329 e. The van der Waals surface area contributed by atoms with Gasteiger partial charge in [0, 0.05) is 36.0 Å². The minimum atomic E-state index is -3.72. The molecule has 0 heterocycles. The number of carbonyl (C=O) groups is 1. The predicted octanol–water partition coefficient (Wildman–Crippen LogP) is 3.02. The van der Waals surface area contributed by atoms with Gasteiger partial charge in [0.1, 0.15) is 0 Å². The van der Waals surface area contributed by atoms with Crippen molar-refractivity contribution in [1.82, 2.24) is 4.72 Å². The molecule has 1 amide bonds. The van der Waals surface area contributed by atoms with Crippen molar-refractivity contribution in [2.75, 3.05) is 11.9 Å². The van der Waals surface area contributed by atoms with E-state index in [-0.39, 0.29) is 35.8 Å². The van der Waals surface area contributed by atoms with Crippen LogP contribution in [-0.2, 0) is 14.8 Å².